The molecule has 0 saturated heterocycles. The highest BCUT2D eigenvalue weighted by Crippen LogP contribution is 2.49. The maximum atomic E-state index is 5.41. The summed E-state index contributed by atoms with van der Waals surface area (Å²) in [6, 6.07) is 41.4. The van der Waals surface area contributed by atoms with Gasteiger partial charge in [-0.1, -0.05) is 96.7 Å². The first-order valence-electron chi connectivity index (χ1n) is 13.7. The van der Waals surface area contributed by atoms with Gasteiger partial charge in [0.05, 0.1) is 22.2 Å². The van der Waals surface area contributed by atoms with Crippen LogP contribution in [0, 0.1) is 0 Å². The Hall–Kier alpha value is -4.71. The van der Waals surface area contributed by atoms with Gasteiger partial charge < -0.3 is 0 Å². The van der Waals surface area contributed by atoms with E-state index in [9.17, 15) is 0 Å². The van der Waals surface area contributed by atoms with Crippen LogP contribution in [0.3, 0.4) is 0 Å². The zero-order valence-corrected chi connectivity index (χ0v) is 23.3. The predicted octanol–water partition coefficient (Wildman–Crippen LogP) is 10.4. The SMILES string of the molecule is c1ccc2c(c1)Sc1cccc3nc(-n4c5ccccc5c5c6ccccc6c6sc7ccccc7c6c54)nc-2c13. The summed E-state index contributed by atoms with van der Waals surface area (Å²) in [5.41, 5.74) is 5.45. The van der Waals surface area contributed by atoms with Crippen LogP contribution in [0.15, 0.2) is 125 Å². The molecule has 41 heavy (non-hydrogen) atoms. The monoisotopic (exact) mass is 557 g/mol. The van der Waals surface area contributed by atoms with E-state index in [1.165, 1.54) is 62.6 Å². The highest BCUT2D eigenvalue weighted by molar-refractivity contribution is 7.99. The van der Waals surface area contributed by atoms with Gasteiger partial charge in [-0.25, -0.2) is 9.97 Å². The second-order valence-electron chi connectivity index (χ2n) is 10.5. The van der Waals surface area contributed by atoms with Gasteiger partial charge in [-0.05, 0) is 35.7 Å². The molecular formula is C36H19N3S2. The van der Waals surface area contributed by atoms with E-state index >= 15 is 0 Å². The van der Waals surface area contributed by atoms with Crippen molar-refractivity contribution in [1.29, 1.82) is 0 Å². The Bertz CT molecular complexity index is 2570. The first-order valence-corrected chi connectivity index (χ1v) is 15.3. The minimum Gasteiger partial charge on any atom is -0.277 e. The molecule has 0 atom stereocenters. The lowest BCUT2D eigenvalue weighted by molar-refractivity contribution is 1.01. The van der Waals surface area contributed by atoms with Crippen molar-refractivity contribution in [2.75, 3.05) is 0 Å². The summed E-state index contributed by atoms with van der Waals surface area (Å²) >= 11 is 3.68. The van der Waals surface area contributed by atoms with Crippen molar-refractivity contribution < 1.29 is 0 Å². The molecule has 1 aliphatic heterocycles. The fraction of sp³-hybridized carbons (Fsp3) is 0. The Morgan fingerprint density at radius 2 is 1.27 bits per heavy atom. The lowest BCUT2D eigenvalue weighted by Crippen LogP contribution is -2.05. The summed E-state index contributed by atoms with van der Waals surface area (Å²) in [5, 5.41) is 8.73. The van der Waals surface area contributed by atoms with Crippen LogP contribution in [0.5, 0.6) is 0 Å². The fourth-order valence-corrected chi connectivity index (χ4v) is 9.07. The third kappa shape index (κ3) is 2.84. The second kappa shape index (κ2) is 7.94. The molecule has 0 N–H and O–H groups in total. The van der Waals surface area contributed by atoms with E-state index in [-0.39, 0.29) is 0 Å². The van der Waals surface area contributed by atoms with E-state index in [4.69, 9.17) is 9.97 Å². The smallest absolute Gasteiger partial charge is 0.235 e. The van der Waals surface area contributed by atoms with Crippen LogP contribution in [-0.2, 0) is 0 Å². The number of hydrogen-bond acceptors (Lipinski definition) is 4. The lowest BCUT2D eigenvalue weighted by Gasteiger charge is -2.20. The van der Waals surface area contributed by atoms with Gasteiger partial charge in [-0.2, -0.15) is 0 Å². The van der Waals surface area contributed by atoms with Crippen LogP contribution in [0.2, 0.25) is 0 Å². The zero-order valence-electron chi connectivity index (χ0n) is 21.6. The number of benzene rings is 6. The molecule has 0 spiro atoms. The van der Waals surface area contributed by atoms with Gasteiger partial charge in [0, 0.05) is 57.1 Å². The zero-order chi connectivity index (χ0) is 26.7. The Labute approximate surface area is 242 Å². The molecule has 0 aliphatic carbocycles. The van der Waals surface area contributed by atoms with Gasteiger partial charge >= 0.3 is 0 Å². The maximum absolute atomic E-state index is 5.41. The molecule has 0 unspecified atom stereocenters. The predicted molar refractivity (Wildman–Crippen MR) is 174 cm³/mol. The van der Waals surface area contributed by atoms with Crippen LogP contribution in [0.25, 0.3) is 80.9 Å². The number of hydrogen-bond donors (Lipinski definition) is 0. The molecule has 4 heterocycles. The van der Waals surface area contributed by atoms with Crippen LogP contribution in [0.1, 0.15) is 0 Å². The minimum atomic E-state index is 0.712. The van der Waals surface area contributed by atoms with E-state index in [1.54, 1.807) is 11.8 Å². The minimum absolute atomic E-state index is 0.712. The molecule has 1 aliphatic rings. The van der Waals surface area contributed by atoms with Crippen molar-refractivity contribution in [1.82, 2.24) is 14.5 Å². The van der Waals surface area contributed by atoms with Crippen molar-refractivity contribution in [3.05, 3.63) is 115 Å². The van der Waals surface area contributed by atoms with Crippen molar-refractivity contribution in [3.8, 4) is 17.2 Å². The van der Waals surface area contributed by atoms with E-state index < -0.39 is 0 Å². The van der Waals surface area contributed by atoms with E-state index in [1.807, 2.05) is 11.3 Å². The number of nitrogens with zero attached hydrogens (tertiary/aromatic N) is 3. The van der Waals surface area contributed by atoms with E-state index in [0.717, 1.165) is 22.1 Å². The summed E-state index contributed by atoms with van der Waals surface area (Å²) in [6.07, 6.45) is 0. The van der Waals surface area contributed by atoms with Gasteiger partial charge in [0.2, 0.25) is 5.95 Å². The average molecular weight is 558 g/mol. The first-order chi connectivity index (χ1) is 20.3. The molecule has 9 aromatic rings. The van der Waals surface area contributed by atoms with E-state index in [2.05, 4.69) is 120 Å². The highest BCUT2D eigenvalue weighted by atomic mass is 32.2. The topological polar surface area (TPSA) is 30.7 Å². The van der Waals surface area contributed by atoms with E-state index in [0.29, 0.717) is 5.95 Å². The highest BCUT2D eigenvalue weighted by Gasteiger charge is 2.26. The maximum Gasteiger partial charge on any atom is 0.235 e. The third-order valence-corrected chi connectivity index (χ3v) is 10.7. The summed E-state index contributed by atoms with van der Waals surface area (Å²) in [6.45, 7) is 0. The Balaban J connectivity index is 1.47. The second-order valence-corrected chi connectivity index (χ2v) is 12.7. The molecule has 0 saturated carbocycles. The van der Waals surface area contributed by atoms with Gasteiger partial charge in [0.1, 0.15) is 0 Å². The van der Waals surface area contributed by atoms with Crippen LogP contribution >= 0.6 is 23.1 Å². The summed E-state index contributed by atoms with van der Waals surface area (Å²) in [7, 11) is 0. The molecule has 0 radical (unpaired) electrons. The van der Waals surface area contributed by atoms with Gasteiger partial charge in [-0.15, -0.1) is 11.3 Å². The molecule has 0 amide bonds. The molecule has 3 aromatic heterocycles. The molecular weight excluding hydrogens is 539 g/mol. The summed E-state index contributed by atoms with van der Waals surface area (Å²) in [5.74, 6) is 0.712. The van der Waals surface area contributed by atoms with Crippen molar-refractivity contribution >= 4 is 86.8 Å². The average Bonchev–Trinajstić information content (AvgIpc) is 3.58. The van der Waals surface area contributed by atoms with Crippen molar-refractivity contribution in [2.24, 2.45) is 0 Å². The first kappa shape index (κ1) is 22.0. The normalized spacial score (nSPS) is 12.8. The molecule has 3 nitrogen and oxygen atoms in total. The van der Waals surface area contributed by atoms with Gasteiger partial charge in [-0.3, -0.25) is 4.57 Å². The van der Waals surface area contributed by atoms with Gasteiger partial charge in [0.25, 0.3) is 0 Å². The molecule has 10 rings (SSSR count). The standard InChI is InChI=1S/C36H19N3S2/c1-2-11-21-20(10-1)30-22-12-3-6-16-26(22)39(34(30)31-23-13-4-7-17-27(23)41-35(21)31)36-37-25-15-9-19-29-32(25)33(38-36)24-14-5-8-18-28(24)40-29/h1-19H. The van der Waals surface area contributed by atoms with Gasteiger partial charge in [0.15, 0.2) is 0 Å². The van der Waals surface area contributed by atoms with Crippen molar-refractivity contribution in [3.63, 3.8) is 0 Å². The van der Waals surface area contributed by atoms with Crippen LogP contribution in [0.4, 0.5) is 0 Å². The number of thiophene rings is 1. The Kier molecular flexibility index (Phi) is 4.27. The Morgan fingerprint density at radius 3 is 2.20 bits per heavy atom. The quantitative estimate of drug-likeness (QED) is 0.201. The molecule has 6 aromatic carbocycles. The number of para-hydroxylation sites is 1. The van der Waals surface area contributed by atoms with Crippen LogP contribution in [-0.4, -0.2) is 14.5 Å². The molecule has 5 heteroatoms. The lowest BCUT2D eigenvalue weighted by atomic mass is 10.00. The van der Waals surface area contributed by atoms with Crippen molar-refractivity contribution in [2.45, 2.75) is 9.79 Å². The summed E-state index contributed by atoms with van der Waals surface area (Å²) < 4.78 is 4.93. The largest absolute Gasteiger partial charge is 0.277 e. The summed E-state index contributed by atoms with van der Waals surface area (Å²) in [4.78, 5) is 13.1. The number of fused-ring (bicyclic) bond motifs is 12. The molecule has 0 fully saturated rings. The Morgan fingerprint density at radius 1 is 0.537 bits per heavy atom. The number of aromatic nitrogens is 3. The fourth-order valence-electron chi connectivity index (χ4n) is 6.72. The molecule has 190 valence electrons. The number of rotatable bonds is 1. The molecule has 0 bridgehead atoms. The van der Waals surface area contributed by atoms with Crippen LogP contribution < -0.4 is 0 Å². The third-order valence-electron chi connectivity index (χ3n) is 8.38.